The standard InChI is InChI=1S/C13H15N3O2/c17-13-10-3-1-2-4-11(10)14-12(15-13)9-16-5-7-18-8-6-16/h1-4H,5-9H2,(H,14,15,17)/p+1. The van der Waals surface area contributed by atoms with Crippen molar-refractivity contribution in [3.8, 4) is 0 Å². The summed E-state index contributed by atoms with van der Waals surface area (Å²) in [5.41, 5.74) is 0.715. The van der Waals surface area contributed by atoms with Crippen molar-refractivity contribution in [2.45, 2.75) is 6.54 Å². The van der Waals surface area contributed by atoms with Gasteiger partial charge < -0.3 is 14.6 Å². The van der Waals surface area contributed by atoms with Gasteiger partial charge in [-0.05, 0) is 12.1 Å². The van der Waals surface area contributed by atoms with Gasteiger partial charge in [-0.1, -0.05) is 12.1 Å². The van der Waals surface area contributed by atoms with Gasteiger partial charge >= 0.3 is 0 Å². The Labute approximate surface area is 104 Å². The molecule has 2 N–H and O–H groups in total. The lowest BCUT2D eigenvalue weighted by Crippen LogP contribution is -3.12. The van der Waals surface area contributed by atoms with E-state index in [1.165, 1.54) is 4.90 Å². The number of H-pyrrole nitrogens is 1. The summed E-state index contributed by atoms with van der Waals surface area (Å²) >= 11 is 0. The van der Waals surface area contributed by atoms with Crippen LogP contribution in [0.2, 0.25) is 0 Å². The van der Waals surface area contributed by atoms with Crippen LogP contribution in [-0.4, -0.2) is 36.3 Å². The fraction of sp³-hybridized carbons (Fsp3) is 0.385. The Morgan fingerprint density at radius 2 is 2.06 bits per heavy atom. The van der Waals surface area contributed by atoms with Crippen molar-refractivity contribution in [3.05, 3.63) is 40.4 Å². The minimum Gasteiger partial charge on any atom is -0.370 e. The highest BCUT2D eigenvalue weighted by molar-refractivity contribution is 5.77. The minimum absolute atomic E-state index is 0.0525. The van der Waals surface area contributed by atoms with Gasteiger partial charge in [0.2, 0.25) is 0 Å². The summed E-state index contributed by atoms with van der Waals surface area (Å²) in [6.45, 7) is 4.26. The zero-order chi connectivity index (χ0) is 12.4. The summed E-state index contributed by atoms with van der Waals surface area (Å²) in [6, 6.07) is 7.43. The topological polar surface area (TPSA) is 59.4 Å². The number of aromatic nitrogens is 2. The van der Waals surface area contributed by atoms with Gasteiger partial charge in [0.25, 0.3) is 5.56 Å². The van der Waals surface area contributed by atoms with Gasteiger partial charge in [-0.15, -0.1) is 0 Å². The maximum atomic E-state index is 11.9. The molecule has 18 heavy (non-hydrogen) atoms. The molecule has 5 nitrogen and oxygen atoms in total. The largest absolute Gasteiger partial charge is 0.370 e. The number of aromatic amines is 1. The van der Waals surface area contributed by atoms with E-state index < -0.39 is 0 Å². The highest BCUT2D eigenvalue weighted by atomic mass is 16.5. The number of morpholine rings is 1. The first-order valence-electron chi connectivity index (χ1n) is 6.22. The lowest BCUT2D eigenvalue weighted by molar-refractivity contribution is -0.922. The Hall–Kier alpha value is -1.72. The molecule has 5 heteroatoms. The highest BCUT2D eigenvalue weighted by Gasteiger charge is 2.15. The second-order valence-electron chi connectivity index (χ2n) is 4.57. The zero-order valence-corrected chi connectivity index (χ0v) is 10.1. The molecule has 1 aromatic carbocycles. The van der Waals surface area contributed by atoms with E-state index in [2.05, 4.69) is 9.97 Å². The lowest BCUT2D eigenvalue weighted by atomic mass is 10.2. The van der Waals surface area contributed by atoms with Gasteiger partial charge in [0.05, 0.1) is 24.1 Å². The molecule has 3 rings (SSSR count). The fourth-order valence-corrected chi connectivity index (χ4v) is 2.29. The molecule has 1 saturated heterocycles. The molecule has 1 aromatic heterocycles. The molecule has 1 fully saturated rings. The second-order valence-corrected chi connectivity index (χ2v) is 4.57. The molecule has 1 aliphatic heterocycles. The first kappa shape index (κ1) is 11.4. The summed E-state index contributed by atoms with van der Waals surface area (Å²) < 4.78 is 5.32. The summed E-state index contributed by atoms with van der Waals surface area (Å²) in [5.74, 6) is 0.760. The number of ether oxygens (including phenoxy) is 1. The molecular formula is C13H16N3O2+. The number of hydrogen-bond donors (Lipinski definition) is 2. The van der Waals surface area contributed by atoms with Crippen molar-refractivity contribution in [2.75, 3.05) is 26.3 Å². The third kappa shape index (κ3) is 2.27. The van der Waals surface area contributed by atoms with Gasteiger partial charge in [-0.25, -0.2) is 4.98 Å². The van der Waals surface area contributed by atoms with Crippen molar-refractivity contribution in [3.63, 3.8) is 0 Å². The van der Waals surface area contributed by atoms with Gasteiger partial charge in [0, 0.05) is 0 Å². The quantitative estimate of drug-likeness (QED) is 0.739. The number of nitrogens with one attached hydrogen (secondary N) is 2. The van der Waals surface area contributed by atoms with Gasteiger partial charge in [-0.3, -0.25) is 4.79 Å². The van der Waals surface area contributed by atoms with Crippen LogP contribution in [0.5, 0.6) is 0 Å². The predicted molar refractivity (Wildman–Crippen MR) is 67.6 cm³/mol. The fourth-order valence-electron chi connectivity index (χ4n) is 2.29. The smallest absolute Gasteiger partial charge is 0.258 e. The summed E-state index contributed by atoms with van der Waals surface area (Å²) in [6.07, 6.45) is 0. The third-order valence-corrected chi connectivity index (χ3v) is 3.28. The van der Waals surface area contributed by atoms with Gasteiger partial charge in [0.1, 0.15) is 19.6 Å². The molecule has 0 bridgehead atoms. The number of rotatable bonds is 2. The highest BCUT2D eigenvalue weighted by Crippen LogP contribution is 2.04. The Morgan fingerprint density at radius 1 is 1.28 bits per heavy atom. The second kappa shape index (κ2) is 4.88. The maximum Gasteiger partial charge on any atom is 0.258 e. The maximum absolute atomic E-state index is 11.9. The molecule has 0 spiro atoms. The number of hydrogen-bond acceptors (Lipinski definition) is 3. The third-order valence-electron chi connectivity index (χ3n) is 3.28. The van der Waals surface area contributed by atoms with Crippen LogP contribution in [0.1, 0.15) is 5.82 Å². The molecule has 0 atom stereocenters. The molecular weight excluding hydrogens is 230 g/mol. The first-order valence-corrected chi connectivity index (χ1v) is 6.22. The van der Waals surface area contributed by atoms with Crippen LogP contribution in [-0.2, 0) is 11.3 Å². The van der Waals surface area contributed by atoms with E-state index in [-0.39, 0.29) is 5.56 Å². The summed E-state index contributed by atoms with van der Waals surface area (Å²) in [5, 5.41) is 0.651. The van der Waals surface area contributed by atoms with Crippen LogP contribution in [0.15, 0.2) is 29.1 Å². The Kier molecular flexibility index (Phi) is 3.08. The SMILES string of the molecule is O=c1[nH]c(C[NH+]2CCOCC2)nc2ccccc12. The van der Waals surface area contributed by atoms with E-state index in [1.54, 1.807) is 6.07 Å². The van der Waals surface area contributed by atoms with E-state index >= 15 is 0 Å². The van der Waals surface area contributed by atoms with Crippen LogP contribution in [0, 0.1) is 0 Å². The van der Waals surface area contributed by atoms with E-state index in [0.29, 0.717) is 5.39 Å². The normalized spacial score (nSPS) is 17.1. The van der Waals surface area contributed by atoms with Crippen molar-refractivity contribution in [1.82, 2.24) is 9.97 Å². The average molecular weight is 246 g/mol. The Balaban J connectivity index is 1.90. The number of fused-ring (bicyclic) bond motifs is 1. The van der Waals surface area contributed by atoms with Crippen molar-refractivity contribution in [1.29, 1.82) is 0 Å². The van der Waals surface area contributed by atoms with Gasteiger partial charge in [0.15, 0.2) is 5.82 Å². The number of benzene rings is 1. The molecule has 2 heterocycles. The van der Waals surface area contributed by atoms with Crippen molar-refractivity contribution in [2.24, 2.45) is 0 Å². The van der Waals surface area contributed by atoms with Crippen LogP contribution >= 0.6 is 0 Å². The predicted octanol–water partition coefficient (Wildman–Crippen LogP) is -0.662. The molecule has 0 unspecified atom stereocenters. The summed E-state index contributed by atoms with van der Waals surface area (Å²) in [4.78, 5) is 20.7. The molecule has 0 radical (unpaired) electrons. The van der Waals surface area contributed by atoms with E-state index in [9.17, 15) is 4.79 Å². The van der Waals surface area contributed by atoms with E-state index in [4.69, 9.17) is 4.74 Å². The van der Waals surface area contributed by atoms with E-state index in [0.717, 1.165) is 44.2 Å². The number of nitrogens with zero attached hydrogens (tertiary/aromatic N) is 1. The molecule has 2 aromatic rings. The Morgan fingerprint density at radius 3 is 2.89 bits per heavy atom. The number of para-hydroxylation sites is 1. The van der Waals surface area contributed by atoms with Crippen LogP contribution < -0.4 is 10.5 Å². The lowest BCUT2D eigenvalue weighted by Gasteiger charge is -2.23. The average Bonchev–Trinajstić information content (AvgIpc) is 2.40. The first-order chi connectivity index (χ1) is 8.83. The Bertz CT molecular complexity index is 602. The van der Waals surface area contributed by atoms with Crippen molar-refractivity contribution >= 4 is 10.9 Å². The molecule has 0 amide bonds. The van der Waals surface area contributed by atoms with Gasteiger partial charge in [-0.2, -0.15) is 0 Å². The van der Waals surface area contributed by atoms with Crippen LogP contribution in [0.25, 0.3) is 10.9 Å². The molecule has 0 aliphatic carbocycles. The molecule has 94 valence electrons. The zero-order valence-electron chi connectivity index (χ0n) is 10.1. The monoisotopic (exact) mass is 246 g/mol. The number of quaternary nitrogens is 1. The van der Waals surface area contributed by atoms with Crippen LogP contribution in [0.4, 0.5) is 0 Å². The van der Waals surface area contributed by atoms with E-state index in [1.807, 2.05) is 18.2 Å². The van der Waals surface area contributed by atoms with Crippen LogP contribution in [0.3, 0.4) is 0 Å². The summed E-state index contributed by atoms with van der Waals surface area (Å²) in [7, 11) is 0. The molecule has 0 saturated carbocycles. The molecule has 1 aliphatic rings. The van der Waals surface area contributed by atoms with Crippen molar-refractivity contribution < 1.29 is 9.64 Å². The minimum atomic E-state index is -0.0525.